The zero-order valence-electron chi connectivity index (χ0n) is 49.0. The quantitative estimate of drug-likeness (QED) is 0.0428. The normalized spacial score (nSPS) is 51.4. The summed E-state index contributed by atoms with van der Waals surface area (Å²) in [6, 6.07) is 0. The second kappa shape index (κ2) is 24.1. The maximum atomic E-state index is 15.9. The van der Waals surface area contributed by atoms with E-state index in [0.29, 0.717) is 51.4 Å². The second-order valence-electron chi connectivity index (χ2n) is 27.5. The minimum absolute atomic E-state index is 0.0910. The number of rotatable bonds is 14. The van der Waals surface area contributed by atoms with Crippen molar-refractivity contribution in [2.45, 2.75) is 243 Å². The lowest BCUT2D eigenvalue weighted by molar-refractivity contribution is -0.382. The van der Waals surface area contributed by atoms with Gasteiger partial charge in [-0.15, -0.1) is 0 Å². The Morgan fingerprint density at radius 2 is 1.17 bits per heavy atom. The molecule has 0 aromatic carbocycles. The van der Waals surface area contributed by atoms with Crippen molar-refractivity contribution in [3.8, 4) is 0 Å². The summed E-state index contributed by atoms with van der Waals surface area (Å²) in [6.45, 7) is 14.6. The summed E-state index contributed by atoms with van der Waals surface area (Å²) >= 11 is 0. The lowest BCUT2D eigenvalue weighted by Gasteiger charge is -2.71. The largest absolute Gasteiger partial charge is 0.465 e. The number of carbonyl (C=O) groups excluding carboxylic acids is 3. The fourth-order valence-electron chi connectivity index (χ4n) is 16.9. The van der Waals surface area contributed by atoms with Gasteiger partial charge in [0.15, 0.2) is 25.0 Å². The molecule has 4 heterocycles. The molecule has 4 saturated heterocycles. The van der Waals surface area contributed by atoms with E-state index in [0.717, 1.165) is 12.5 Å². The molecule has 4 saturated carbocycles. The van der Waals surface area contributed by atoms with Crippen molar-refractivity contribution in [3.05, 3.63) is 11.6 Å². The van der Waals surface area contributed by atoms with Gasteiger partial charge in [0.25, 0.3) is 0 Å². The van der Waals surface area contributed by atoms with E-state index in [-0.39, 0.29) is 36.9 Å². The zero-order valence-corrected chi connectivity index (χ0v) is 49.0. The molecule has 0 unspecified atom stereocenters. The molecule has 4 aliphatic heterocycles. The zero-order chi connectivity index (χ0) is 60.8. The summed E-state index contributed by atoms with van der Waals surface area (Å²) in [7, 11) is 0. The lowest BCUT2D eigenvalue weighted by Crippen LogP contribution is -2.70. The van der Waals surface area contributed by atoms with Crippen molar-refractivity contribution < 1.29 is 123 Å². The number of aliphatic hydroxyl groups excluding tert-OH is 12. The maximum Gasteiger partial charge on any atom is 0.315 e. The average Bonchev–Trinajstić information content (AvgIpc) is 3.44. The van der Waals surface area contributed by atoms with E-state index in [9.17, 15) is 70.9 Å². The Balaban J connectivity index is 1.05. The molecule has 0 amide bonds. The molecule has 83 heavy (non-hydrogen) atoms. The van der Waals surface area contributed by atoms with Crippen LogP contribution in [0.2, 0.25) is 0 Å². The fourth-order valence-corrected chi connectivity index (χ4v) is 16.9. The number of ether oxygens (including phenoxy) is 10. The van der Waals surface area contributed by atoms with Gasteiger partial charge in [-0.2, -0.15) is 0 Å². The van der Waals surface area contributed by atoms with Crippen molar-refractivity contribution in [1.29, 1.82) is 0 Å². The number of hydrogen-bond donors (Lipinski definition) is 12. The van der Waals surface area contributed by atoms with Gasteiger partial charge in [0.1, 0.15) is 79.9 Å². The Bertz CT molecular complexity index is 2360. The molecule has 29 atom stereocenters. The van der Waals surface area contributed by atoms with Crippen LogP contribution < -0.4 is 0 Å². The third-order valence-electron chi connectivity index (χ3n) is 21.9. The fraction of sp³-hybridized carbons (Fsp3) is 0.914. The van der Waals surface area contributed by atoms with E-state index < -0.39 is 199 Å². The van der Waals surface area contributed by atoms with Crippen LogP contribution in [-0.4, -0.2) is 235 Å². The summed E-state index contributed by atoms with van der Waals surface area (Å²) in [5.74, 6) is -3.29. The molecule has 9 aliphatic rings. The summed E-state index contributed by atoms with van der Waals surface area (Å²) < 4.78 is 60.5. The van der Waals surface area contributed by atoms with Crippen molar-refractivity contribution in [1.82, 2.24) is 0 Å². The summed E-state index contributed by atoms with van der Waals surface area (Å²) in [5, 5.41) is 132. The smallest absolute Gasteiger partial charge is 0.315 e. The van der Waals surface area contributed by atoms with E-state index >= 15 is 4.79 Å². The third kappa shape index (κ3) is 11.3. The number of allylic oxidation sites excluding steroid dienone is 2. The molecule has 9 rings (SSSR count). The number of aliphatic hydroxyl groups is 12. The topological polar surface area (TPSA) is 386 Å². The van der Waals surface area contributed by atoms with Crippen LogP contribution in [0.4, 0.5) is 0 Å². The highest BCUT2D eigenvalue weighted by Gasteiger charge is 2.72. The van der Waals surface area contributed by atoms with Crippen LogP contribution in [0.1, 0.15) is 120 Å². The highest BCUT2D eigenvalue weighted by atomic mass is 16.8. The Morgan fingerprint density at radius 1 is 0.602 bits per heavy atom. The first kappa shape index (κ1) is 64.9. The number of fused-ring (bicyclic) bond motifs is 7. The van der Waals surface area contributed by atoms with Crippen molar-refractivity contribution in [3.63, 3.8) is 0 Å². The van der Waals surface area contributed by atoms with Gasteiger partial charge in [0.05, 0.1) is 50.2 Å². The van der Waals surface area contributed by atoms with E-state index in [4.69, 9.17) is 47.4 Å². The minimum atomic E-state index is -1.98. The van der Waals surface area contributed by atoms with Gasteiger partial charge < -0.3 is 109 Å². The first-order chi connectivity index (χ1) is 38.8. The number of hydrogen-bond acceptors (Lipinski definition) is 25. The monoisotopic (exact) mass is 1190 g/mol. The summed E-state index contributed by atoms with van der Waals surface area (Å²) in [5.41, 5.74) is -3.12. The van der Waals surface area contributed by atoms with Gasteiger partial charge >= 0.3 is 17.9 Å². The van der Waals surface area contributed by atoms with E-state index in [1.54, 1.807) is 6.92 Å². The van der Waals surface area contributed by atoms with Gasteiger partial charge in [-0.1, -0.05) is 60.1 Å². The van der Waals surface area contributed by atoms with Gasteiger partial charge in [0, 0.05) is 25.2 Å². The van der Waals surface area contributed by atoms with E-state index in [1.165, 1.54) is 6.92 Å². The van der Waals surface area contributed by atoms with Crippen LogP contribution in [0, 0.1) is 56.2 Å². The van der Waals surface area contributed by atoms with Gasteiger partial charge in [-0.05, 0) is 97.2 Å². The van der Waals surface area contributed by atoms with E-state index in [2.05, 4.69) is 40.7 Å². The highest BCUT2D eigenvalue weighted by Crippen LogP contribution is 2.76. The van der Waals surface area contributed by atoms with Crippen molar-refractivity contribution in [2.24, 2.45) is 56.2 Å². The Kier molecular flexibility index (Phi) is 18.8. The van der Waals surface area contributed by atoms with Crippen LogP contribution in [0.25, 0.3) is 0 Å². The Labute approximate surface area is 483 Å². The lowest BCUT2D eigenvalue weighted by atomic mass is 9.33. The molecule has 12 N–H and O–H groups in total. The van der Waals surface area contributed by atoms with Crippen LogP contribution in [-0.2, 0) is 61.8 Å². The molecule has 25 nitrogen and oxygen atoms in total. The van der Waals surface area contributed by atoms with Gasteiger partial charge in [-0.3, -0.25) is 14.4 Å². The number of esters is 3. The first-order valence-electron chi connectivity index (χ1n) is 29.6. The minimum Gasteiger partial charge on any atom is -0.465 e. The molecule has 0 spiro atoms. The van der Waals surface area contributed by atoms with Crippen molar-refractivity contribution >= 4 is 17.9 Å². The van der Waals surface area contributed by atoms with E-state index in [1.807, 2.05) is 6.92 Å². The van der Waals surface area contributed by atoms with Crippen molar-refractivity contribution in [2.75, 3.05) is 33.0 Å². The SMILES string of the molecule is CC(=O)OC[C@H]1O[C@@H](OC(=O)[C@]23CCC(C)(C)C[C@H]2C2=CC[C@@H]4[C@@]5(C)C[C@H](O)[C@H](O[C@@H]6O[C@H](CO)[C@@H](O)[C@H](O)[C@H]6O)[C@@](C)(COC(C)=O)[C@@H]5CC[C@@]4(C)[C@]2(C)CC3)[C@H](O[C@@H]2OC[C@@H](C)[C@H](O)[C@H]2O)[C@@H](O[C@@H]2O[C@H](CO)[C@@H](O)[C@H](O)[C@H]2O)[C@@H]1O. The second-order valence-corrected chi connectivity index (χ2v) is 27.5. The Morgan fingerprint density at radius 3 is 1.77 bits per heavy atom. The molecule has 0 aromatic heterocycles. The maximum absolute atomic E-state index is 15.9. The molecule has 5 aliphatic carbocycles. The predicted molar refractivity (Wildman–Crippen MR) is 282 cm³/mol. The van der Waals surface area contributed by atoms with Crippen LogP contribution in [0.5, 0.6) is 0 Å². The summed E-state index contributed by atoms with van der Waals surface area (Å²) in [4.78, 5) is 40.7. The Hall–Kier alpha value is -2.61. The summed E-state index contributed by atoms with van der Waals surface area (Å²) in [6.07, 6.45) is -26.1. The van der Waals surface area contributed by atoms with Crippen LogP contribution >= 0.6 is 0 Å². The van der Waals surface area contributed by atoms with Crippen LogP contribution in [0.3, 0.4) is 0 Å². The van der Waals surface area contributed by atoms with Gasteiger partial charge in [-0.25, -0.2) is 0 Å². The number of carbonyl (C=O) groups is 3. The average molecular weight is 1190 g/mol. The molecular formula is C58H92O25. The molecule has 25 heteroatoms. The predicted octanol–water partition coefficient (Wildman–Crippen LogP) is -1.04. The van der Waals surface area contributed by atoms with Gasteiger partial charge in [0.2, 0.25) is 6.29 Å². The van der Waals surface area contributed by atoms with Crippen LogP contribution in [0.15, 0.2) is 11.6 Å². The molecule has 8 fully saturated rings. The first-order valence-corrected chi connectivity index (χ1v) is 29.6. The molecule has 0 aromatic rings. The standard InChI is InChI=1S/C58H92O25/c1-25-22-75-48(42(70)36(25)64)81-46-45(80-49-43(71)40(68)37(65)31(20-59)77-49)39(67)33(23-74-26(2)61)79-51(46)83-52(73)58-16-14-53(4,5)18-29(58)28-10-11-35-54(6)19-30(63)47(82-50-44(72)41(69)38(66)32(21-60)78-50)55(7,24-76-27(3)62)34(54)12-13-57(35,9)56(28,8)15-17-58/h10,25,29-51,59-60,63-72H,11-24H2,1-9H3/t25-,29+,30+,31-,32-,33-,34-,35-,36+,37-,38-,39-,40+,41+,42-,43-,44-,45+,46-,47+,48+,49+,50+,51+,54+,55+,56-,57-,58+/m1/s1. The highest BCUT2D eigenvalue weighted by molar-refractivity contribution is 5.79. The molecule has 0 bridgehead atoms. The molecular weight excluding hydrogens is 1100 g/mol. The molecule has 0 radical (unpaired) electrons. The molecule has 474 valence electrons. The third-order valence-corrected chi connectivity index (χ3v) is 21.9.